The molecule has 6 heteroatoms. The zero-order valence-corrected chi connectivity index (χ0v) is 13.8. The molecule has 0 aliphatic rings. The molecular weight excluding hydrogens is 291 g/mol. The van der Waals surface area contributed by atoms with Crippen LogP contribution in [0.25, 0.3) is 0 Å². The summed E-state index contributed by atoms with van der Waals surface area (Å²) in [6.45, 7) is 4.86. The van der Waals surface area contributed by atoms with Crippen molar-refractivity contribution in [3.63, 3.8) is 0 Å². The molecule has 18 heavy (non-hydrogen) atoms. The Bertz CT molecular complexity index is 196. The Morgan fingerprint density at radius 1 is 0.833 bits per heavy atom. The zero-order chi connectivity index (χ0) is 13.0. The molecule has 0 unspecified atom stereocenters. The molecule has 0 amide bonds. The first-order valence-corrected chi connectivity index (χ1v) is 8.23. The van der Waals surface area contributed by atoms with Gasteiger partial charge in [0.1, 0.15) is 0 Å². The fraction of sp³-hybridized carbons (Fsp3) is 1.00. The van der Waals surface area contributed by atoms with Crippen LogP contribution in [0, 0.1) is 0 Å². The Hall–Kier alpha value is 0.642. The van der Waals surface area contributed by atoms with Crippen molar-refractivity contribution < 1.29 is 35.9 Å². The smallest absolute Gasteiger partial charge is 0.302 e. The van der Waals surface area contributed by atoms with E-state index in [1.165, 1.54) is 0 Å². The molecule has 110 valence electrons. The summed E-state index contributed by atoms with van der Waals surface area (Å²) in [7, 11) is -3.79. The van der Waals surface area contributed by atoms with E-state index in [1.54, 1.807) is 0 Å². The average molecular weight is 318 g/mol. The molecular formula is C12H27CrO4P. The van der Waals surface area contributed by atoms with Crippen LogP contribution in [0.15, 0.2) is 0 Å². The van der Waals surface area contributed by atoms with Gasteiger partial charge in [0.15, 0.2) is 0 Å². The summed E-state index contributed by atoms with van der Waals surface area (Å²) < 4.78 is 21.1. The van der Waals surface area contributed by atoms with Crippen molar-refractivity contribution in [2.45, 2.75) is 65.2 Å². The van der Waals surface area contributed by atoms with Crippen LogP contribution in [0.1, 0.15) is 65.2 Å². The second kappa shape index (κ2) is 14.1. The first kappa shape index (κ1) is 21.0. The third-order valence-corrected chi connectivity index (χ3v) is 3.52. The van der Waals surface area contributed by atoms with Crippen molar-refractivity contribution >= 4 is 7.82 Å². The Labute approximate surface area is 122 Å². The minimum absolute atomic E-state index is 0. The molecule has 1 N–H and O–H groups in total. The summed E-state index contributed by atoms with van der Waals surface area (Å²) in [5.74, 6) is 0. The van der Waals surface area contributed by atoms with Crippen LogP contribution in [0.2, 0.25) is 0 Å². The molecule has 0 heterocycles. The van der Waals surface area contributed by atoms with E-state index < -0.39 is 7.82 Å². The average Bonchev–Trinajstić information content (AvgIpc) is 2.28. The number of unbranched alkanes of at least 4 members (excludes halogenated alkanes) is 6. The SMILES string of the molecule is CCCCCCOP(=O)(O)OCCCCCC.[Cr]. The van der Waals surface area contributed by atoms with Crippen molar-refractivity contribution in [3.05, 3.63) is 0 Å². The third-order valence-electron chi connectivity index (χ3n) is 2.50. The quantitative estimate of drug-likeness (QED) is 0.431. The molecule has 0 spiro atoms. The molecule has 0 atom stereocenters. The van der Waals surface area contributed by atoms with Crippen LogP contribution in [-0.2, 0) is 31.0 Å². The van der Waals surface area contributed by atoms with E-state index in [4.69, 9.17) is 9.05 Å². The Kier molecular flexibility index (Phi) is 16.4. The molecule has 0 saturated carbocycles. The van der Waals surface area contributed by atoms with Gasteiger partial charge in [-0.15, -0.1) is 0 Å². The van der Waals surface area contributed by atoms with Crippen molar-refractivity contribution in [2.75, 3.05) is 13.2 Å². The van der Waals surface area contributed by atoms with E-state index in [1.807, 2.05) is 0 Å². The predicted molar refractivity (Wildman–Crippen MR) is 70.0 cm³/mol. The van der Waals surface area contributed by atoms with Gasteiger partial charge in [0.2, 0.25) is 0 Å². The van der Waals surface area contributed by atoms with Gasteiger partial charge in [-0.2, -0.15) is 0 Å². The molecule has 4 nitrogen and oxygen atoms in total. The van der Waals surface area contributed by atoms with Crippen LogP contribution in [0.5, 0.6) is 0 Å². The van der Waals surface area contributed by atoms with E-state index >= 15 is 0 Å². The Morgan fingerprint density at radius 3 is 1.56 bits per heavy atom. The van der Waals surface area contributed by atoms with Crippen molar-refractivity contribution in [2.24, 2.45) is 0 Å². The molecule has 0 fully saturated rings. The number of phosphoric acid groups is 1. The first-order valence-electron chi connectivity index (χ1n) is 6.74. The number of rotatable bonds is 12. The number of phosphoric ester groups is 1. The first-order chi connectivity index (χ1) is 8.12. The molecule has 0 aliphatic heterocycles. The summed E-state index contributed by atoms with van der Waals surface area (Å²) >= 11 is 0. The van der Waals surface area contributed by atoms with Gasteiger partial charge in [0.25, 0.3) is 0 Å². The van der Waals surface area contributed by atoms with E-state index in [0.717, 1.165) is 51.4 Å². The van der Waals surface area contributed by atoms with Crippen molar-refractivity contribution in [1.29, 1.82) is 0 Å². The third kappa shape index (κ3) is 14.7. The largest absolute Gasteiger partial charge is 0.472 e. The van der Waals surface area contributed by atoms with Crippen LogP contribution in [0.4, 0.5) is 0 Å². The van der Waals surface area contributed by atoms with Crippen LogP contribution >= 0.6 is 7.82 Å². The fourth-order valence-electron chi connectivity index (χ4n) is 1.45. The minimum Gasteiger partial charge on any atom is -0.302 e. The van der Waals surface area contributed by atoms with Gasteiger partial charge in [-0.3, -0.25) is 9.05 Å². The zero-order valence-electron chi connectivity index (χ0n) is 11.6. The maximum absolute atomic E-state index is 11.4. The molecule has 0 aromatic carbocycles. The Balaban J connectivity index is 0. The fourth-order valence-corrected chi connectivity index (χ4v) is 2.25. The van der Waals surface area contributed by atoms with Gasteiger partial charge in [-0.05, 0) is 12.8 Å². The minimum atomic E-state index is -3.79. The van der Waals surface area contributed by atoms with E-state index in [2.05, 4.69) is 13.8 Å². The second-order valence-electron chi connectivity index (χ2n) is 4.26. The van der Waals surface area contributed by atoms with Crippen LogP contribution in [-0.4, -0.2) is 18.1 Å². The summed E-state index contributed by atoms with van der Waals surface area (Å²) in [4.78, 5) is 9.34. The number of hydrogen-bond acceptors (Lipinski definition) is 3. The molecule has 0 rings (SSSR count). The second-order valence-corrected chi connectivity index (χ2v) is 5.71. The summed E-state index contributed by atoms with van der Waals surface area (Å²) in [5.41, 5.74) is 0. The molecule has 0 saturated heterocycles. The summed E-state index contributed by atoms with van der Waals surface area (Å²) in [6, 6.07) is 0. The Morgan fingerprint density at radius 2 is 1.22 bits per heavy atom. The van der Waals surface area contributed by atoms with Crippen LogP contribution in [0.3, 0.4) is 0 Å². The standard InChI is InChI=1S/C12H27O4P.Cr/c1-3-5-7-9-11-15-17(13,14)16-12-10-8-6-4-2;/h3-12H2,1-2H3,(H,13,14);. The van der Waals surface area contributed by atoms with Gasteiger partial charge in [0, 0.05) is 17.4 Å². The monoisotopic (exact) mass is 318 g/mol. The van der Waals surface area contributed by atoms with Gasteiger partial charge in [-0.25, -0.2) is 4.57 Å². The summed E-state index contributed by atoms with van der Waals surface area (Å²) in [5, 5.41) is 0. The normalized spacial score (nSPS) is 11.3. The maximum Gasteiger partial charge on any atom is 0.472 e. The topological polar surface area (TPSA) is 55.8 Å². The van der Waals surface area contributed by atoms with E-state index in [9.17, 15) is 9.46 Å². The van der Waals surface area contributed by atoms with Gasteiger partial charge < -0.3 is 4.89 Å². The van der Waals surface area contributed by atoms with Crippen molar-refractivity contribution in [1.82, 2.24) is 0 Å². The van der Waals surface area contributed by atoms with E-state index in [-0.39, 0.29) is 17.4 Å². The van der Waals surface area contributed by atoms with Gasteiger partial charge in [0.05, 0.1) is 13.2 Å². The van der Waals surface area contributed by atoms with Crippen molar-refractivity contribution in [3.8, 4) is 0 Å². The molecule has 0 aliphatic carbocycles. The van der Waals surface area contributed by atoms with Gasteiger partial charge >= 0.3 is 7.82 Å². The predicted octanol–water partition coefficient (Wildman–Crippen LogP) is 4.28. The summed E-state index contributed by atoms with van der Waals surface area (Å²) in [6.07, 6.45) is 8.26. The molecule has 0 aromatic rings. The van der Waals surface area contributed by atoms with Gasteiger partial charge in [-0.1, -0.05) is 52.4 Å². The maximum atomic E-state index is 11.4. The molecule has 0 bridgehead atoms. The number of hydrogen-bond donors (Lipinski definition) is 1. The molecule has 0 aromatic heterocycles. The van der Waals surface area contributed by atoms with Crippen LogP contribution < -0.4 is 0 Å². The van der Waals surface area contributed by atoms with E-state index in [0.29, 0.717) is 13.2 Å². The molecule has 0 radical (unpaired) electrons.